The summed E-state index contributed by atoms with van der Waals surface area (Å²) in [6.45, 7) is 7.42. The Bertz CT molecular complexity index is 559. The number of hydrogen-bond acceptors (Lipinski definition) is 4. The van der Waals surface area contributed by atoms with Gasteiger partial charge in [-0.15, -0.1) is 0 Å². The number of carbonyl (C=O) groups is 2. The van der Waals surface area contributed by atoms with E-state index in [1.54, 1.807) is 18.4 Å². The Balaban J connectivity index is 2.64. The van der Waals surface area contributed by atoms with Crippen molar-refractivity contribution in [2.24, 2.45) is 5.92 Å². The van der Waals surface area contributed by atoms with Crippen LogP contribution in [0.2, 0.25) is 0 Å². The van der Waals surface area contributed by atoms with Crippen LogP contribution in [0.5, 0.6) is 0 Å². The highest BCUT2D eigenvalue weighted by atomic mass is 32.1. The summed E-state index contributed by atoms with van der Waals surface area (Å²) >= 11 is 1.15. The van der Waals surface area contributed by atoms with Crippen LogP contribution >= 0.6 is 11.3 Å². The van der Waals surface area contributed by atoms with Crippen molar-refractivity contribution in [3.8, 4) is 0 Å². The molecule has 0 spiro atoms. The molecule has 0 bridgehead atoms. The third-order valence-electron chi connectivity index (χ3n) is 3.19. The fraction of sp³-hybridized carbons (Fsp3) is 0.615. The Morgan fingerprint density at radius 1 is 1.35 bits per heavy atom. The number of amides is 1. The first-order chi connectivity index (χ1) is 9.23. The highest BCUT2D eigenvalue weighted by Crippen LogP contribution is 2.10. The molecule has 1 aromatic heterocycles. The van der Waals surface area contributed by atoms with Crippen molar-refractivity contribution < 1.29 is 14.7 Å². The number of aromatic nitrogens is 1. The first-order valence-electron chi connectivity index (χ1n) is 6.43. The van der Waals surface area contributed by atoms with E-state index in [2.05, 4.69) is 5.32 Å². The van der Waals surface area contributed by atoms with Crippen molar-refractivity contribution in [2.45, 2.75) is 46.7 Å². The largest absolute Gasteiger partial charge is 0.480 e. The molecule has 0 unspecified atom stereocenters. The van der Waals surface area contributed by atoms with Crippen molar-refractivity contribution in [3.63, 3.8) is 0 Å². The van der Waals surface area contributed by atoms with E-state index in [1.807, 2.05) is 13.8 Å². The van der Waals surface area contributed by atoms with E-state index in [9.17, 15) is 14.4 Å². The third kappa shape index (κ3) is 3.93. The lowest BCUT2D eigenvalue weighted by Gasteiger charge is -2.17. The normalized spacial score (nSPS) is 12.4. The molecule has 0 aliphatic heterocycles. The zero-order valence-electron chi connectivity index (χ0n) is 12.1. The highest BCUT2D eigenvalue weighted by Gasteiger charge is 2.23. The molecular formula is C13H20N2O4S. The molecule has 0 aliphatic rings. The van der Waals surface area contributed by atoms with Gasteiger partial charge in [-0.05, 0) is 19.8 Å². The second-order valence-corrected chi connectivity index (χ2v) is 6.20. The van der Waals surface area contributed by atoms with Gasteiger partial charge >= 0.3 is 10.8 Å². The number of hydrogen-bond donors (Lipinski definition) is 2. The van der Waals surface area contributed by atoms with Crippen LogP contribution in [0.1, 0.15) is 30.8 Å². The van der Waals surface area contributed by atoms with Crippen molar-refractivity contribution in [2.75, 3.05) is 0 Å². The van der Waals surface area contributed by atoms with E-state index >= 15 is 0 Å². The summed E-state index contributed by atoms with van der Waals surface area (Å²) in [6, 6.07) is -0.899. The van der Waals surface area contributed by atoms with E-state index in [1.165, 1.54) is 0 Å². The molecule has 1 amide bonds. The number of thiazole rings is 1. The Morgan fingerprint density at radius 2 is 1.95 bits per heavy atom. The Morgan fingerprint density at radius 3 is 2.35 bits per heavy atom. The summed E-state index contributed by atoms with van der Waals surface area (Å²) < 4.78 is 1.55. The molecule has 1 aromatic rings. The first-order valence-corrected chi connectivity index (χ1v) is 7.24. The molecule has 0 saturated carbocycles. The Labute approximate surface area is 121 Å². The number of carboxylic acid groups (broad SMARTS) is 1. The molecule has 7 heteroatoms. The van der Waals surface area contributed by atoms with Crippen molar-refractivity contribution >= 4 is 23.2 Å². The van der Waals surface area contributed by atoms with Crippen LogP contribution in [0.25, 0.3) is 0 Å². The Hall–Kier alpha value is -1.63. The lowest BCUT2D eigenvalue weighted by atomic mass is 10.0. The molecule has 1 atom stereocenters. The fourth-order valence-corrected chi connectivity index (χ4v) is 2.68. The second-order valence-electron chi connectivity index (χ2n) is 5.04. The van der Waals surface area contributed by atoms with Gasteiger partial charge in [0, 0.05) is 23.5 Å². The molecule has 0 radical (unpaired) electrons. The minimum Gasteiger partial charge on any atom is -0.480 e. The molecule has 20 heavy (non-hydrogen) atoms. The summed E-state index contributed by atoms with van der Waals surface area (Å²) in [4.78, 5) is 35.3. The number of nitrogens with zero attached hydrogens (tertiary/aromatic N) is 1. The molecule has 1 heterocycles. The summed E-state index contributed by atoms with van der Waals surface area (Å²) in [5.74, 6) is -1.60. The number of rotatable bonds is 6. The van der Waals surface area contributed by atoms with Crippen LogP contribution in [-0.2, 0) is 16.1 Å². The molecular weight excluding hydrogens is 280 g/mol. The quantitative estimate of drug-likeness (QED) is 0.824. The van der Waals surface area contributed by atoms with Gasteiger partial charge in [0.15, 0.2) is 0 Å². The Kier molecular flexibility index (Phi) is 5.50. The van der Waals surface area contributed by atoms with Crippen molar-refractivity contribution in [1.82, 2.24) is 9.88 Å². The van der Waals surface area contributed by atoms with Gasteiger partial charge in [0.25, 0.3) is 0 Å². The van der Waals surface area contributed by atoms with Gasteiger partial charge in [0.05, 0.1) is 0 Å². The van der Waals surface area contributed by atoms with Crippen LogP contribution < -0.4 is 10.2 Å². The van der Waals surface area contributed by atoms with Crippen molar-refractivity contribution in [1.29, 1.82) is 0 Å². The molecule has 6 nitrogen and oxygen atoms in total. The van der Waals surface area contributed by atoms with Crippen LogP contribution in [0, 0.1) is 19.8 Å². The zero-order valence-corrected chi connectivity index (χ0v) is 12.9. The molecule has 0 saturated heterocycles. The second kappa shape index (κ2) is 6.69. The van der Waals surface area contributed by atoms with E-state index in [-0.39, 0.29) is 29.7 Å². The highest BCUT2D eigenvalue weighted by molar-refractivity contribution is 7.09. The molecule has 0 aliphatic carbocycles. The monoisotopic (exact) mass is 300 g/mol. The standard InChI is InChI=1S/C13H20N2O4S/c1-7(2)11(12(17)18)14-10(16)5-6-15-8(3)9(4)20-13(15)19/h7,11H,5-6H2,1-4H3,(H,14,16)(H,17,18)/t11-/m0/s1. The smallest absolute Gasteiger partial charge is 0.326 e. The van der Waals surface area contributed by atoms with Gasteiger partial charge in [-0.1, -0.05) is 25.2 Å². The van der Waals surface area contributed by atoms with Crippen LogP contribution in [0.4, 0.5) is 0 Å². The van der Waals surface area contributed by atoms with Gasteiger partial charge in [0.2, 0.25) is 5.91 Å². The number of aliphatic carboxylic acids is 1. The molecule has 1 rings (SSSR count). The van der Waals surface area contributed by atoms with Gasteiger partial charge in [0.1, 0.15) is 6.04 Å². The lowest BCUT2D eigenvalue weighted by molar-refractivity contribution is -0.143. The van der Waals surface area contributed by atoms with Gasteiger partial charge < -0.3 is 15.0 Å². The first kappa shape index (κ1) is 16.4. The van der Waals surface area contributed by atoms with Gasteiger partial charge in [-0.25, -0.2) is 4.79 Å². The third-order valence-corrected chi connectivity index (χ3v) is 4.18. The maximum Gasteiger partial charge on any atom is 0.326 e. The molecule has 112 valence electrons. The van der Waals surface area contributed by atoms with E-state index < -0.39 is 12.0 Å². The molecule has 0 aromatic carbocycles. The minimum atomic E-state index is -1.05. The average molecular weight is 300 g/mol. The van der Waals surface area contributed by atoms with Gasteiger partial charge in [-0.2, -0.15) is 0 Å². The minimum absolute atomic E-state index is 0.0907. The lowest BCUT2D eigenvalue weighted by Crippen LogP contribution is -2.44. The summed E-state index contributed by atoms with van der Waals surface area (Å²) in [7, 11) is 0. The maximum absolute atomic E-state index is 11.8. The number of nitrogens with one attached hydrogen (secondary N) is 1. The molecule has 0 fully saturated rings. The average Bonchev–Trinajstić information content (AvgIpc) is 2.57. The number of carbonyl (C=O) groups excluding carboxylic acids is 1. The summed E-state index contributed by atoms with van der Waals surface area (Å²) in [5, 5.41) is 11.5. The summed E-state index contributed by atoms with van der Waals surface area (Å²) in [6.07, 6.45) is 0.0907. The van der Waals surface area contributed by atoms with Crippen LogP contribution in [0.15, 0.2) is 4.79 Å². The van der Waals surface area contributed by atoms with Crippen molar-refractivity contribution in [3.05, 3.63) is 20.2 Å². The predicted octanol–water partition coefficient (Wildman–Crippen LogP) is 1.14. The zero-order chi connectivity index (χ0) is 15.4. The number of carboxylic acids is 1. The SMILES string of the molecule is Cc1sc(=O)n(CCC(=O)N[C@H](C(=O)O)C(C)C)c1C. The topological polar surface area (TPSA) is 88.4 Å². The van der Waals surface area contributed by atoms with E-state index in [4.69, 9.17) is 5.11 Å². The van der Waals surface area contributed by atoms with Gasteiger partial charge in [-0.3, -0.25) is 9.59 Å². The molecule has 2 N–H and O–H groups in total. The number of aryl methyl sites for hydroxylation is 1. The van der Waals surface area contributed by atoms with Crippen LogP contribution in [0.3, 0.4) is 0 Å². The van der Waals surface area contributed by atoms with E-state index in [0.717, 1.165) is 21.9 Å². The fourth-order valence-electron chi connectivity index (χ4n) is 1.82. The van der Waals surface area contributed by atoms with Crippen LogP contribution in [-0.4, -0.2) is 27.6 Å². The predicted molar refractivity (Wildman–Crippen MR) is 77.1 cm³/mol. The van der Waals surface area contributed by atoms with E-state index in [0.29, 0.717) is 0 Å². The maximum atomic E-state index is 11.8. The summed E-state index contributed by atoms with van der Waals surface area (Å²) in [5.41, 5.74) is 0.853.